The van der Waals surface area contributed by atoms with Crippen LogP contribution in [0, 0.1) is 0 Å². The fraction of sp³-hybridized carbons (Fsp3) is 0. The van der Waals surface area contributed by atoms with E-state index in [-0.39, 0.29) is 16.8 Å². The Labute approximate surface area is 106 Å². The smallest absolute Gasteiger partial charge is 0.354 e. The Kier molecular flexibility index (Phi) is 3.37. The van der Waals surface area contributed by atoms with Gasteiger partial charge < -0.3 is 15.4 Å². The molecule has 2 rings (SSSR count). The summed E-state index contributed by atoms with van der Waals surface area (Å²) in [5.41, 5.74) is 0.0878. The maximum absolute atomic E-state index is 11.8. The molecular formula is C12H9N3O4. The number of anilines is 1. The normalized spacial score (nSPS) is 9.89. The van der Waals surface area contributed by atoms with Crippen molar-refractivity contribution in [2.45, 2.75) is 0 Å². The number of hydrogen-bond acceptors (Lipinski definition) is 4. The van der Waals surface area contributed by atoms with Crippen LogP contribution in [0.2, 0.25) is 0 Å². The van der Waals surface area contributed by atoms with Gasteiger partial charge in [-0.25, -0.2) is 9.78 Å². The van der Waals surface area contributed by atoms with Crippen molar-refractivity contribution >= 4 is 17.6 Å². The van der Waals surface area contributed by atoms with Crippen molar-refractivity contribution in [1.82, 2.24) is 9.97 Å². The quantitative estimate of drug-likeness (QED) is 0.751. The molecule has 0 aliphatic heterocycles. The van der Waals surface area contributed by atoms with Crippen molar-refractivity contribution in [3.8, 4) is 0 Å². The van der Waals surface area contributed by atoms with E-state index in [0.717, 1.165) is 0 Å². The van der Waals surface area contributed by atoms with Gasteiger partial charge in [0.25, 0.3) is 5.91 Å². The van der Waals surface area contributed by atoms with E-state index < -0.39 is 11.9 Å². The molecule has 0 bridgehead atoms. The van der Waals surface area contributed by atoms with Gasteiger partial charge in [-0.1, -0.05) is 0 Å². The summed E-state index contributed by atoms with van der Waals surface area (Å²) in [5, 5.41) is 11.3. The highest BCUT2D eigenvalue weighted by molar-refractivity contribution is 6.04. The molecule has 7 nitrogen and oxygen atoms in total. The number of rotatable bonds is 3. The molecule has 1 amide bonds. The minimum atomic E-state index is -1.18. The first-order valence-electron chi connectivity index (χ1n) is 5.26. The fourth-order valence-electron chi connectivity index (χ4n) is 1.38. The summed E-state index contributed by atoms with van der Waals surface area (Å²) in [6.45, 7) is 0. The number of carbonyl (C=O) groups excluding carboxylic acids is 1. The first-order valence-corrected chi connectivity index (χ1v) is 5.26. The third-order valence-electron chi connectivity index (χ3n) is 2.28. The number of hydrogen-bond donors (Lipinski definition) is 3. The Balaban J connectivity index is 2.19. The predicted molar refractivity (Wildman–Crippen MR) is 66.2 cm³/mol. The highest BCUT2D eigenvalue weighted by atomic mass is 16.4. The molecule has 0 unspecified atom stereocenters. The summed E-state index contributed by atoms with van der Waals surface area (Å²) in [5.74, 6) is -1.64. The summed E-state index contributed by atoms with van der Waals surface area (Å²) in [4.78, 5) is 39.4. The third-order valence-corrected chi connectivity index (χ3v) is 2.28. The van der Waals surface area contributed by atoms with Gasteiger partial charge in [0, 0.05) is 24.1 Å². The Morgan fingerprint density at radius 3 is 2.68 bits per heavy atom. The van der Waals surface area contributed by atoms with Crippen molar-refractivity contribution in [1.29, 1.82) is 0 Å². The van der Waals surface area contributed by atoms with Gasteiger partial charge in [0.05, 0.1) is 5.56 Å². The molecule has 0 aliphatic carbocycles. The lowest BCUT2D eigenvalue weighted by molar-refractivity contribution is 0.0690. The molecular weight excluding hydrogens is 250 g/mol. The number of carboxylic acids is 1. The molecule has 0 atom stereocenters. The van der Waals surface area contributed by atoms with Crippen molar-refractivity contribution in [2.24, 2.45) is 0 Å². The fourth-order valence-corrected chi connectivity index (χ4v) is 1.38. The molecule has 0 fully saturated rings. The van der Waals surface area contributed by atoms with E-state index in [1.54, 1.807) is 0 Å². The molecule has 0 saturated heterocycles. The number of aromatic carboxylic acids is 1. The van der Waals surface area contributed by atoms with Crippen LogP contribution in [0.25, 0.3) is 0 Å². The highest BCUT2D eigenvalue weighted by Crippen LogP contribution is 2.09. The lowest BCUT2D eigenvalue weighted by atomic mass is 10.2. The summed E-state index contributed by atoms with van der Waals surface area (Å²) in [6, 6.07) is 5.31. The van der Waals surface area contributed by atoms with Crippen LogP contribution in [0.4, 0.5) is 5.69 Å². The standard InChI is InChI=1S/C12H9N3O4/c16-10-2-1-7(6-14-10)11(17)15-8-3-4-13-9(5-8)12(18)19/h1-6H,(H,14,16)(H,18,19)(H,13,15,17). The molecule has 3 N–H and O–H groups in total. The number of carboxylic acid groups (broad SMARTS) is 1. The van der Waals surface area contributed by atoms with Gasteiger partial charge in [-0.2, -0.15) is 0 Å². The second-order valence-electron chi connectivity index (χ2n) is 3.63. The zero-order chi connectivity index (χ0) is 13.8. The maximum Gasteiger partial charge on any atom is 0.354 e. The first-order chi connectivity index (χ1) is 9.06. The molecule has 7 heteroatoms. The molecule has 0 saturated carbocycles. The van der Waals surface area contributed by atoms with Crippen LogP contribution in [0.1, 0.15) is 20.8 Å². The maximum atomic E-state index is 11.8. The van der Waals surface area contributed by atoms with Crippen LogP contribution >= 0.6 is 0 Å². The summed E-state index contributed by atoms with van der Waals surface area (Å²) in [7, 11) is 0. The van der Waals surface area contributed by atoms with E-state index >= 15 is 0 Å². The zero-order valence-electron chi connectivity index (χ0n) is 9.58. The topological polar surface area (TPSA) is 112 Å². The van der Waals surface area contributed by atoms with Gasteiger partial charge in [0.1, 0.15) is 5.69 Å². The van der Waals surface area contributed by atoms with Crippen LogP contribution in [0.15, 0.2) is 41.5 Å². The first kappa shape index (κ1) is 12.5. The number of nitrogens with one attached hydrogen (secondary N) is 2. The summed E-state index contributed by atoms with van der Waals surface area (Å²) >= 11 is 0. The number of carbonyl (C=O) groups is 2. The SMILES string of the molecule is O=C(Nc1ccnc(C(=O)O)c1)c1ccc(=O)[nH]c1. The van der Waals surface area contributed by atoms with E-state index in [1.807, 2.05) is 0 Å². The number of pyridine rings is 2. The van der Waals surface area contributed by atoms with Crippen LogP contribution in [-0.2, 0) is 0 Å². The van der Waals surface area contributed by atoms with E-state index in [2.05, 4.69) is 15.3 Å². The average molecular weight is 259 g/mol. The van der Waals surface area contributed by atoms with Crippen LogP contribution in [0.3, 0.4) is 0 Å². The third kappa shape index (κ3) is 3.03. The molecule has 0 aliphatic rings. The number of aromatic amines is 1. The van der Waals surface area contributed by atoms with Gasteiger partial charge in [-0.05, 0) is 18.2 Å². The monoisotopic (exact) mass is 259 g/mol. The largest absolute Gasteiger partial charge is 0.477 e. The molecule has 2 aromatic heterocycles. The highest BCUT2D eigenvalue weighted by Gasteiger charge is 2.09. The Morgan fingerprint density at radius 2 is 2.05 bits per heavy atom. The van der Waals surface area contributed by atoms with Gasteiger partial charge >= 0.3 is 5.97 Å². The van der Waals surface area contributed by atoms with Gasteiger partial charge in [-0.3, -0.25) is 9.59 Å². The molecule has 2 heterocycles. The Hall–Kier alpha value is -2.96. The van der Waals surface area contributed by atoms with Crippen LogP contribution in [-0.4, -0.2) is 27.0 Å². The molecule has 2 aromatic rings. The van der Waals surface area contributed by atoms with E-state index in [1.165, 1.54) is 36.7 Å². The molecule has 0 spiro atoms. The van der Waals surface area contributed by atoms with E-state index in [9.17, 15) is 14.4 Å². The van der Waals surface area contributed by atoms with E-state index in [0.29, 0.717) is 5.69 Å². The summed E-state index contributed by atoms with van der Waals surface area (Å²) in [6.07, 6.45) is 2.56. The number of aromatic nitrogens is 2. The molecule has 96 valence electrons. The minimum absolute atomic E-state index is 0.167. The molecule has 0 aromatic carbocycles. The lowest BCUT2D eigenvalue weighted by Crippen LogP contribution is -2.15. The Morgan fingerprint density at radius 1 is 1.26 bits per heavy atom. The van der Waals surface area contributed by atoms with Crippen LogP contribution in [0.5, 0.6) is 0 Å². The van der Waals surface area contributed by atoms with Gasteiger partial charge in [-0.15, -0.1) is 0 Å². The zero-order valence-corrected chi connectivity index (χ0v) is 9.58. The van der Waals surface area contributed by atoms with Gasteiger partial charge in [0.2, 0.25) is 5.56 Å². The second kappa shape index (κ2) is 5.13. The molecule has 0 radical (unpaired) electrons. The Bertz CT molecular complexity index is 673. The van der Waals surface area contributed by atoms with Crippen molar-refractivity contribution in [3.05, 3.63) is 58.3 Å². The summed E-state index contributed by atoms with van der Waals surface area (Å²) < 4.78 is 0. The number of amides is 1. The van der Waals surface area contributed by atoms with Crippen molar-refractivity contribution < 1.29 is 14.7 Å². The second-order valence-corrected chi connectivity index (χ2v) is 3.63. The van der Waals surface area contributed by atoms with Crippen molar-refractivity contribution in [2.75, 3.05) is 5.32 Å². The van der Waals surface area contributed by atoms with Crippen LogP contribution < -0.4 is 10.9 Å². The van der Waals surface area contributed by atoms with Gasteiger partial charge in [0.15, 0.2) is 0 Å². The average Bonchev–Trinajstić information content (AvgIpc) is 2.39. The minimum Gasteiger partial charge on any atom is -0.477 e. The predicted octanol–water partition coefficient (Wildman–Crippen LogP) is 0.720. The molecule has 19 heavy (non-hydrogen) atoms. The van der Waals surface area contributed by atoms with Crippen molar-refractivity contribution in [3.63, 3.8) is 0 Å². The number of nitrogens with zero attached hydrogens (tertiary/aromatic N) is 1. The van der Waals surface area contributed by atoms with E-state index in [4.69, 9.17) is 5.11 Å². The lowest BCUT2D eigenvalue weighted by Gasteiger charge is -2.05. The number of H-pyrrole nitrogens is 1.